The number of ether oxygens (including phenoxy) is 1. The van der Waals surface area contributed by atoms with Crippen molar-refractivity contribution in [3.8, 4) is 0 Å². The van der Waals surface area contributed by atoms with Crippen LogP contribution in [0.1, 0.15) is 11.6 Å². The fraction of sp³-hybridized carbons (Fsp3) is 0.273. The van der Waals surface area contributed by atoms with Crippen molar-refractivity contribution in [3.05, 3.63) is 34.9 Å². The lowest BCUT2D eigenvalue weighted by Gasteiger charge is -2.38. The van der Waals surface area contributed by atoms with Crippen molar-refractivity contribution in [3.63, 3.8) is 0 Å². The summed E-state index contributed by atoms with van der Waals surface area (Å²) in [6.45, 7) is 0.0859. The molecule has 1 aliphatic rings. The maximum Gasteiger partial charge on any atom is 0.410 e. The second-order valence-electron chi connectivity index (χ2n) is 3.49. The molecule has 1 fully saturated rings. The number of hydrogen-bond acceptors (Lipinski definition) is 3. The molecule has 0 N–H and O–H groups in total. The molecule has 0 bridgehead atoms. The quantitative estimate of drug-likeness (QED) is 0.753. The number of ketones is 1. The van der Waals surface area contributed by atoms with Gasteiger partial charge in [-0.05, 0) is 6.07 Å². The van der Waals surface area contributed by atoms with E-state index in [1.807, 2.05) is 0 Å². The van der Waals surface area contributed by atoms with E-state index in [9.17, 15) is 9.59 Å². The van der Waals surface area contributed by atoms with E-state index >= 15 is 0 Å². The fourth-order valence-corrected chi connectivity index (χ4v) is 1.97. The average molecular weight is 240 g/mol. The number of Topliss-reactive ketones (excluding diaryl/α,β-unsaturated/α-hetero) is 1. The Hall–Kier alpha value is -1.55. The lowest BCUT2D eigenvalue weighted by molar-refractivity contribution is -0.134. The number of rotatable bonds is 1. The van der Waals surface area contributed by atoms with E-state index in [1.54, 1.807) is 24.3 Å². The first kappa shape index (κ1) is 11.0. The second-order valence-corrected chi connectivity index (χ2v) is 3.90. The molecule has 4 nitrogen and oxygen atoms in total. The predicted molar refractivity (Wildman–Crippen MR) is 58.3 cm³/mol. The van der Waals surface area contributed by atoms with Gasteiger partial charge in [-0.15, -0.1) is 0 Å². The molecular formula is C11H10ClNO3. The minimum absolute atomic E-state index is 0.0292. The minimum Gasteiger partial charge on any atom is -0.453 e. The first-order valence-electron chi connectivity index (χ1n) is 4.77. The summed E-state index contributed by atoms with van der Waals surface area (Å²) in [6, 6.07) is 6.39. The Balaban J connectivity index is 2.29. The lowest BCUT2D eigenvalue weighted by Crippen LogP contribution is -2.53. The van der Waals surface area contributed by atoms with Gasteiger partial charge in [-0.25, -0.2) is 4.79 Å². The van der Waals surface area contributed by atoms with Crippen molar-refractivity contribution in [1.82, 2.24) is 4.90 Å². The van der Waals surface area contributed by atoms with Crippen LogP contribution >= 0.6 is 11.6 Å². The van der Waals surface area contributed by atoms with Gasteiger partial charge in [0.15, 0.2) is 5.78 Å². The molecule has 1 amide bonds. The number of amides is 1. The summed E-state index contributed by atoms with van der Waals surface area (Å²) < 4.78 is 4.59. The largest absolute Gasteiger partial charge is 0.453 e. The molecule has 1 aromatic carbocycles. The molecule has 2 rings (SSSR count). The Morgan fingerprint density at radius 2 is 2.19 bits per heavy atom. The first-order chi connectivity index (χ1) is 7.65. The maximum atomic E-state index is 11.5. The maximum absolute atomic E-state index is 11.5. The minimum atomic E-state index is -0.596. The zero-order valence-corrected chi connectivity index (χ0v) is 9.40. The molecule has 16 heavy (non-hydrogen) atoms. The summed E-state index contributed by atoms with van der Waals surface area (Å²) in [7, 11) is 1.29. The number of likely N-dealkylation sites (tertiary alicyclic amines) is 1. The van der Waals surface area contributed by atoms with Crippen molar-refractivity contribution in [2.24, 2.45) is 0 Å². The lowest BCUT2D eigenvalue weighted by atomic mass is 9.94. The number of halogens is 1. The van der Waals surface area contributed by atoms with E-state index < -0.39 is 12.1 Å². The van der Waals surface area contributed by atoms with Crippen LogP contribution in [-0.2, 0) is 9.53 Å². The van der Waals surface area contributed by atoms with Crippen LogP contribution in [0.4, 0.5) is 4.79 Å². The van der Waals surface area contributed by atoms with Crippen molar-refractivity contribution >= 4 is 23.5 Å². The summed E-state index contributed by atoms with van der Waals surface area (Å²) in [6.07, 6.45) is -0.510. The molecule has 1 aromatic rings. The summed E-state index contributed by atoms with van der Waals surface area (Å²) in [5.74, 6) is -0.0292. The highest BCUT2D eigenvalue weighted by Crippen LogP contribution is 2.34. The molecule has 1 atom stereocenters. The number of methoxy groups -OCH3 is 1. The molecule has 1 heterocycles. The Labute approximate surface area is 97.7 Å². The van der Waals surface area contributed by atoms with Gasteiger partial charge in [-0.2, -0.15) is 0 Å². The highest BCUT2D eigenvalue weighted by Gasteiger charge is 2.43. The Morgan fingerprint density at radius 1 is 1.50 bits per heavy atom. The van der Waals surface area contributed by atoms with Crippen molar-refractivity contribution < 1.29 is 14.3 Å². The second kappa shape index (κ2) is 4.14. The number of carbonyl (C=O) groups excluding carboxylic acids is 2. The molecular weight excluding hydrogens is 230 g/mol. The van der Waals surface area contributed by atoms with Gasteiger partial charge in [0.05, 0.1) is 13.7 Å². The normalized spacial score (nSPS) is 19.2. The van der Waals surface area contributed by atoms with Gasteiger partial charge in [0, 0.05) is 10.6 Å². The summed E-state index contributed by atoms with van der Waals surface area (Å²) in [5.41, 5.74) is 0.644. The van der Waals surface area contributed by atoms with Gasteiger partial charge in [-0.1, -0.05) is 29.8 Å². The molecule has 0 unspecified atom stereocenters. The van der Waals surface area contributed by atoms with Crippen LogP contribution in [-0.4, -0.2) is 30.4 Å². The highest BCUT2D eigenvalue weighted by molar-refractivity contribution is 6.31. The van der Waals surface area contributed by atoms with E-state index in [0.29, 0.717) is 10.6 Å². The molecule has 0 aliphatic carbocycles. The summed E-state index contributed by atoms with van der Waals surface area (Å²) >= 11 is 5.98. The van der Waals surface area contributed by atoms with Gasteiger partial charge in [0.25, 0.3) is 0 Å². The van der Waals surface area contributed by atoms with Gasteiger partial charge in [0.1, 0.15) is 6.04 Å². The average Bonchev–Trinajstić information content (AvgIpc) is 2.28. The zero-order valence-electron chi connectivity index (χ0n) is 8.64. The third-order valence-corrected chi connectivity index (χ3v) is 2.90. The van der Waals surface area contributed by atoms with Crippen LogP contribution in [0.3, 0.4) is 0 Å². The van der Waals surface area contributed by atoms with E-state index in [2.05, 4.69) is 4.74 Å². The highest BCUT2D eigenvalue weighted by atomic mass is 35.5. The Morgan fingerprint density at radius 3 is 2.75 bits per heavy atom. The molecule has 1 saturated heterocycles. The fourth-order valence-electron chi connectivity index (χ4n) is 1.73. The Kier molecular flexibility index (Phi) is 2.83. The Bertz CT molecular complexity index is 447. The van der Waals surface area contributed by atoms with E-state index in [1.165, 1.54) is 12.0 Å². The molecule has 0 radical (unpaired) electrons. The number of hydrogen-bond donors (Lipinski definition) is 0. The van der Waals surface area contributed by atoms with Crippen LogP contribution in [0.5, 0.6) is 0 Å². The van der Waals surface area contributed by atoms with Crippen LogP contribution in [0.2, 0.25) is 5.02 Å². The monoisotopic (exact) mass is 239 g/mol. The van der Waals surface area contributed by atoms with Crippen molar-refractivity contribution in [2.45, 2.75) is 6.04 Å². The number of benzene rings is 1. The standard InChI is InChI=1S/C11H10ClNO3/c1-16-11(15)13-6-9(14)10(13)7-4-2-3-5-8(7)12/h2-5,10H,6H2,1H3/t10-/m1/s1. The molecule has 1 aliphatic heterocycles. The zero-order chi connectivity index (χ0) is 11.7. The van der Waals surface area contributed by atoms with E-state index in [4.69, 9.17) is 11.6 Å². The smallest absolute Gasteiger partial charge is 0.410 e. The van der Waals surface area contributed by atoms with Gasteiger partial charge in [0.2, 0.25) is 0 Å². The van der Waals surface area contributed by atoms with Crippen LogP contribution in [0.15, 0.2) is 24.3 Å². The van der Waals surface area contributed by atoms with Gasteiger partial charge < -0.3 is 4.74 Å². The first-order valence-corrected chi connectivity index (χ1v) is 5.14. The molecule has 84 valence electrons. The third kappa shape index (κ3) is 1.65. The van der Waals surface area contributed by atoms with Gasteiger partial charge >= 0.3 is 6.09 Å². The van der Waals surface area contributed by atoms with Crippen LogP contribution in [0.25, 0.3) is 0 Å². The van der Waals surface area contributed by atoms with Gasteiger partial charge in [-0.3, -0.25) is 9.69 Å². The molecule has 0 aromatic heterocycles. The summed E-state index contributed by atoms with van der Waals surface area (Å²) in [4.78, 5) is 24.2. The topological polar surface area (TPSA) is 46.6 Å². The summed E-state index contributed by atoms with van der Waals surface area (Å²) in [5, 5.41) is 0.481. The molecule has 0 saturated carbocycles. The van der Waals surface area contributed by atoms with E-state index in [-0.39, 0.29) is 12.3 Å². The number of nitrogens with zero attached hydrogens (tertiary/aromatic N) is 1. The van der Waals surface area contributed by atoms with Crippen LogP contribution < -0.4 is 0 Å². The van der Waals surface area contributed by atoms with Crippen LogP contribution in [0, 0.1) is 0 Å². The molecule has 5 heteroatoms. The SMILES string of the molecule is COC(=O)N1CC(=O)[C@H]1c1ccccc1Cl. The number of carbonyl (C=O) groups is 2. The third-order valence-electron chi connectivity index (χ3n) is 2.55. The molecule has 0 spiro atoms. The van der Waals surface area contributed by atoms with Crippen molar-refractivity contribution in [2.75, 3.05) is 13.7 Å². The van der Waals surface area contributed by atoms with Crippen molar-refractivity contribution in [1.29, 1.82) is 0 Å². The van der Waals surface area contributed by atoms with E-state index in [0.717, 1.165) is 0 Å². The predicted octanol–water partition coefficient (Wildman–Crippen LogP) is 2.03.